The first-order valence-electron chi connectivity index (χ1n) is 13.3. The molecule has 1 aliphatic rings. The van der Waals surface area contributed by atoms with Gasteiger partial charge in [0.1, 0.15) is 23.9 Å². The monoisotopic (exact) mass is 560 g/mol. The number of furan rings is 1. The van der Waals surface area contributed by atoms with Crippen LogP contribution in [0.5, 0.6) is 5.75 Å². The van der Waals surface area contributed by atoms with E-state index in [4.69, 9.17) is 20.8 Å². The van der Waals surface area contributed by atoms with Crippen LogP contribution < -0.4 is 4.74 Å². The molecule has 40 heavy (non-hydrogen) atoms. The Kier molecular flexibility index (Phi) is 8.51. The molecular formula is C32H30ClFN2O4. The maximum Gasteiger partial charge on any atom is 0.289 e. The standard InChI is InChI=1S/C32H30ClFN2O4/c1-35-17-7-8-18-36(32(38)30-16-15-29(40-30)25-11-5-6-12-27(25)34)24(19-22-9-3-2-4-10-22)21-39-28-14-13-23(33)20-26(28)31(35)37/h2-6,9-16,20,24H,7-8,17-19,21H2,1H3/t24-/m1/s1. The van der Waals surface area contributed by atoms with E-state index in [9.17, 15) is 14.0 Å². The summed E-state index contributed by atoms with van der Waals surface area (Å²) >= 11 is 6.23. The number of rotatable bonds is 4. The number of carbonyl (C=O) groups excluding carboxylic acids is 2. The molecular weight excluding hydrogens is 531 g/mol. The normalized spacial score (nSPS) is 16.5. The van der Waals surface area contributed by atoms with Crippen LogP contribution in [0.15, 0.2) is 89.3 Å². The number of benzene rings is 3. The van der Waals surface area contributed by atoms with Crippen molar-refractivity contribution < 1.29 is 23.1 Å². The highest BCUT2D eigenvalue weighted by Gasteiger charge is 2.29. The van der Waals surface area contributed by atoms with Gasteiger partial charge in [-0.25, -0.2) is 4.39 Å². The van der Waals surface area contributed by atoms with Crippen molar-refractivity contribution in [2.24, 2.45) is 0 Å². The fraction of sp³-hybridized carbons (Fsp3) is 0.250. The molecule has 206 valence electrons. The van der Waals surface area contributed by atoms with Gasteiger partial charge in [0, 0.05) is 25.2 Å². The third kappa shape index (κ3) is 6.20. The van der Waals surface area contributed by atoms with Gasteiger partial charge in [-0.05, 0) is 67.3 Å². The van der Waals surface area contributed by atoms with E-state index in [-0.39, 0.29) is 36.0 Å². The molecule has 1 atom stereocenters. The summed E-state index contributed by atoms with van der Waals surface area (Å²) in [7, 11) is 1.74. The third-order valence-electron chi connectivity index (χ3n) is 7.06. The molecule has 0 saturated heterocycles. The summed E-state index contributed by atoms with van der Waals surface area (Å²) in [5.41, 5.74) is 1.72. The molecule has 2 amide bonds. The number of amides is 2. The summed E-state index contributed by atoms with van der Waals surface area (Å²) in [6.07, 6.45) is 1.89. The molecule has 1 aliphatic heterocycles. The van der Waals surface area contributed by atoms with Crippen molar-refractivity contribution >= 4 is 23.4 Å². The summed E-state index contributed by atoms with van der Waals surface area (Å²) in [5.74, 6) is -0.0608. The molecule has 0 N–H and O–H groups in total. The number of fused-ring (bicyclic) bond motifs is 1. The van der Waals surface area contributed by atoms with E-state index in [1.54, 1.807) is 65.4 Å². The zero-order valence-electron chi connectivity index (χ0n) is 22.2. The van der Waals surface area contributed by atoms with Crippen molar-refractivity contribution in [3.8, 4) is 17.1 Å². The quantitative estimate of drug-likeness (QED) is 0.277. The minimum absolute atomic E-state index is 0.128. The molecule has 0 bridgehead atoms. The van der Waals surface area contributed by atoms with Crippen molar-refractivity contribution in [1.29, 1.82) is 0 Å². The number of halogens is 2. The number of carbonyl (C=O) groups is 2. The van der Waals surface area contributed by atoms with Gasteiger partial charge in [0.2, 0.25) is 0 Å². The second-order valence-corrected chi connectivity index (χ2v) is 10.3. The smallest absolute Gasteiger partial charge is 0.289 e. The highest BCUT2D eigenvalue weighted by molar-refractivity contribution is 6.31. The van der Waals surface area contributed by atoms with Crippen LogP contribution in [0.4, 0.5) is 4.39 Å². The van der Waals surface area contributed by atoms with Crippen LogP contribution in [-0.2, 0) is 6.42 Å². The Morgan fingerprint density at radius 3 is 2.50 bits per heavy atom. The van der Waals surface area contributed by atoms with E-state index in [1.807, 2.05) is 30.3 Å². The predicted molar refractivity (Wildman–Crippen MR) is 152 cm³/mol. The minimum atomic E-state index is -0.421. The van der Waals surface area contributed by atoms with Gasteiger partial charge < -0.3 is 19.0 Å². The van der Waals surface area contributed by atoms with Gasteiger partial charge in [-0.15, -0.1) is 0 Å². The Morgan fingerprint density at radius 1 is 0.950 bits per heavy atom. The Bertz CT molecular complexity index is 1490. The topological polar surface area (TPSA) is 63.0 Å². The van der Waals surface area contributed by atoms with Crippen LogP contribution in [-0.4, -0.2) is 54.4 Å². The van der Waals surface area contributed by atoms with Crippen LogP contribution in [0.2, 0.25) is 5.02 Å². The summed E-state index contributed by atoms with van der Waals surface area (Å²) < 4.78 is 26.5. The molecule has 2 heterocycles. The molecule has 3 aromatic carbocycles. The van der Waals surface area contributed by atoms with E-state index in [0.717, 1.165) is 5.56 Å². The first kappa shape index (κ1) is 27.5. The summed E-state index contributed by atoms with van der Waals surface area (Å²) in [5, 5.41) is 0.442. The van der Waals surface area contributed by atoms with Gasteiger partial charge in [0.15, 0.2) is 5.76 Å². The number of nitrogens with zero attached hydrogens (tertiary/aromatic N) is 2. The molecule has 0 saturated carbocycles. The second kappa shape index (κ2) is 12.4. The van der Waals surface area contributed by atoms with Crippen molar-refractivity contribution in [2.45, 2.75) is 25.3 Å². The maximum atomic E-state index is 14.4. The van der Waals surface area contributed by atoms with Gasteiger partial charge in [-0.2, -0.15) is 0 Å². The Morgan fingerprint density at radius 2 is 1.70 bits per heavy atom. The van der Waals surface area contributed by atoms with Gasteiger partial charge in [-0.1, -0.05) is 54.1 Å². The highest BCUT2D eigenvalue weighted by atomic mass is 35.5. The SMILES string of the molecule is CN1CCCCN(C(=O)c2ccc(-c3ccccc3F)o2)[C@H](Cc2ccccc2)COc2ccc(Cl)cc2C1=O. The van der Waals surface area contributed by atoms with E-state index < -0.39 is 5.82 Å². The molecule has 0 aliphatic carbocycles. The molecule has 4 aromatic rings. The lowest BCUT2D eigenvalue weighted by Crippen LogP contribution is -2.46. The fourth-order valence-electron chi connectivity index (χ4n) is 4.91. The predicted octanol–water partition coefficient (Wildman–Crippen LogP) is 6.74. The van der Waals surface area contributed by atoms with Gasteiger partial charge in [0.25, 0.3) is 11.8 Å². The molecule has 5 rings (SSSR count). The van der Waals surface area contributed by atoms with E-state index in [0.29, 0.717) is 54.3 Å². The third-order valence-corrected chi connectivity index (χ3v) is 7.30. The first-order chi connectivity index (χ1) is 19.4. The van der Waals surface area contributed by atoms with Gasteiger partial charge in [0.05, 0.1) is 17.2 Å². The Labute approximate surface area is 237 Å². The Balaban J connectivity index is 1.49. The lowest BCUT2D eigenvalue weighted by atomic mass is 10.0. The maximum absolute atomic E-state index is 14.4. The van der Waals surface area contributed by atoms with Crippen LogP contribution in [0.3, 0.4) is 0 Å². The van der Waals surface area contributed by atoms with E-state index in [1.165, 1.54) is 6.07 Å². The first-order valence-corrected chi connectivity index (χ1v) is 13.7. The lowest BCUT2D eigenvalue weighted by Gasteiger charge is -2.32. The highest BCUT2D eigenvalue weighted by Crippen LogP contribution is 2.28. The molecule has 6 nitrogen and oxygen atoms in total. The van der Waals surface area contributed by atoms with Crippen molar-refractivity contribution in [3.63, 3.8) is 0 Å². The second-order valence-electron chi connectivity index (χ2n) is 9.87. The van der Waals surface area contributed by atoms with Crippen LogP contribution >= 0.6 is 11.6 Å². The van der Waals surface area contributed by atoms with Crippen LogP contribution in [0.1, 0.15) is 39.3 Å². The average molecular weight is 561 g/mol. The molecule has 8 heteroatoms. The van der Waals surface area contributed by atoms with Crippen molar-refractivity contribution in [1.82, 2.24) is 9.80 Å². The average Bonchev–Trinajstić information content (AvgIpc) is 3.45. The van der Waals surface area contributed by atoms with Gasteiger partial charge >= 0.3 is 0 Å². The van der Waals surface area contributed by atoms with E-state index >= 15 is 0 Å². The molecule has 0 unspecified atom stereocenters. The largest absolute Gasteiger partial charge is 0.491 e. The minimum Gasteiger partial charge on any atom is -0.491 e. The van der Waals surface area contributed by atoms with Crippen molar-refractivity contribution in [3.05, 3.63) is 113 Å². The van der Waals surface area contributed by atoms with E-state index in [2.05, 4.69) is 0 Å². The molecule has 0 spiro atoms. The number of hydrogen-bond donors (Lipinski definition) is 0. The molecule has 1 aromatic heterocycles. The molecule has 0 fully saturated rings. The zero-order valence-corrected chi connectivity index (χ0v) is 22.9. The van der Waals surface area contributed by atoms with Crippen LogP contribution in [0.25, 0.3) is 11.3 Å². The number of ether oxygens (including phenoxy) is 1. The van der Waals surface area contributed by atoms with Gasteiger partial charge in [-0.3, -0.25) is 9.59 Å². The number of hydrogen-bond acceptors (Lipinski definition) is 4. The summed E-state index contributed by atoms with van der Waals surface area (Å²) in [4.78, 5) is 30.5. The fourth-order valence-corrected chi connectivity index (χ4v) is 5.09. The zero-order chi connectivity index (χ0) is 28.1. The summed E-state index contributed by atoms with van der Waals surface area (Å²) in [6.45, 7) is 1.09. The molecule has 0 radical (unpaired) electrons. The Hall–Kier alpha value is -4.10. The summed E-state index contributed by atoms with van der Waals surface area (Å²) in [6, 6.07) is 24.0. The lowest BCUT2D eigenvalue weighted by molar-refractivity contribution is 0.0562. The van der Waals surface area contributed by atoms with Crippen molar-refractivity contribution in [2.75, 3.05) is 26.7 Å². The van der Waals surface area contributed by atoms with Crippen LogP contribution in [0, 0.1) is 5.82 Å².